The van der Waals surface area contributed by atoms with Crippen molar-refractivity contribution in [2.75, 3.05) is 0 Å². The topological polar surface area (TPSA) is 12.9 Å². The first-order valence-electron chi connectivity index (χ1n) is 12.6. The lowest BCUT2D eigenvalue weighted by molar-refractivity contribution is 0.570. The molecule has 0 aliphatic rings. The molecule has 0 spiro atoms. The molecular weight excluding hydrogens is 338 g/mol. The maximum Gasteiger partial charge on any atom is 0.0409 e. The van der Waals surface area contributed by atoms with E-state index in [-0.39, 0.29) is 0 Å². The molecule has 0 amide bonds. The molecule has 0 bridgehead atoms. The summed E-state index contributed by atoms with van der Waals surface area (Å²) < 4.78 is 0. The Labute approximate surface area is 177 Å². The molecule has 0 saturated carbocycles. The molecule has 0 aliphatic carbocycles. The van der Waals surface area contributed by atoms with Crippen LogP contribution in [0.15, 0.2) is 12.1 Å². The van der Waals surface area contributed by atoms with E-state index >= 15 is 0 Å². The molecule has 1 rings (SSSR count). The van der Waals surface area contributed by atoms with Gasteiger partial charge in [-0.25, -0.2) is 0 Å². The summed E-state index contributed by atoms with van der Waals surface area (Å²) in [5, 5.41) is 0. The number of hydrogen-bond acceptors (Lipinski definition) is 1. The van der Waals surface area contributed by atoms with Crippen molar-refractivity contribution in [1.29, 1.82) is 0 Å². The van der Waals surface area contributed by atoms with E-state index in [2.05, 4.69) is 32.9 Å². The number of unbranched alkanes of at least 4 members (excludes halogenated alkanes) is 14. The van der Waals surface area contributed by atoms with Gasteiger partial charge in [0.25, 0.3) is 0 Å². The average Bonchev–Trinajstić information content (AvgIpc) is 2.71. The van der Waals surface area contributed by atoms with Crippen LogP contribution in [-0.4, -0.2) is 4.98 Å². The number of aromatic nitrogens is 1. The maximum atomic E-state index is 4.97. The Balaban J connectivity index is 2.22. The van der Waals surface area contributed by atoms with Gasteiger partial charge in [0.1, 0.15) is 0 Å². The van der Waals surface area contributed by atoms with Crippen molar-refractivity contribution in [3.05, 3.63) is 36.0 Å². The Kier molecular flexibility index (Phi) is 16.4. The lowest BCUT2D eigenvalue weighted by Gasteiger charge is -2.09. The van der Waals surface area contributed by atoms with E-state index in [4.69, 9.17) is 4.98 Å². The molecule has 28 heavy (non-hydrogen) atoms. The van der Waals surface area contributed by atoms with E-state index in [0.29, 0.717) is 0 Å². The fraction of sp³-hybridized carbons (Fsp3) is 0.778. The summed E-state index contributed by atoms with van der Waals surface area (Å²) in [5.41, 5.74) is 3.99. The minimum Gasteiger partial charge on any atom is -0.258 e. The normalized spacial score (nSPS) is 11.2. The summed E-state index contributed by atoms with van der Waals surface area (Å²) in [6.07, 6.45) is 25.3. The third kappa shape index (κ3) is 13.3. The van der Waals surface area contributed by atoms with Gasteiger partial charge >= 0.3 is 0 Å². The van der Waals surface area contributed by atoms with Crippen LogP contribution in [0, 0.1) is 6.92 Å². The second kappa shape index (κ2) is 18.2. The minimum atomic E-state index is 0.886. The molecule has 1 heterocycles. The van der Waals surface area contributed by atoms with E-state index in [1.807, 2.05) is 0 Å². The van der Waals surface area contributed by atoms with Gasteiger partial charge in [0.2, 0.25) is 0 Å². The highest BCUT2D eigenvalue weighted by Gasteiger charge is 2.03. The molecule has 1 aromatic heterocycles. The van der Waals surface area contributed by atoms with E-state index in [9.17, 15) is 0 Å². The Morgan fingerprint density at radius 1 is 0.571 bits per heavy atom. The highest BCUT2D eigenvalue weighted by atomic mass is 14.7. The monoisotopic (exact) mass is 386 g/mol. The number of rotatable bonds is 19. The van der Waals surface area contributed by atoms with Gasteiger partial charge in [0.15, 0.2) is 0 Å². The molecule has 1 nitrogen and oxygen atoms in total. The molecule has 0 unspecified atom stereocenters. The molecule has 1 radical (unpaired) electrons. The summed E-state index contributed by atoms with van der Waals surface area (Å²) in [4.78, 5) is 4.97. The van der Waals surface area contributed by atoms with E-state index in [1.54, 1.807) is 0 Å². The molecule has 0 aliphatic heterocycles. The molecule has 0 saturated heterocycles. The van der Waals surface area contributed by atoms with Gasteiger partial charge in [-0.05, 0) is 56.7 Å². The smallest absolute Gasteiger partial charge is 0.0409 e. The number of pyridine rings is 1. The molecule has 0 atom stereocenters. The summed E-state index contributed by atoms with van der Waals surface area (Å²) in [7, 11) is 0. The molecule has 1 aromatic rings. The Hall–Kier alpha value is -0.850. The van der Waals surface area contributed by atoms with Crippen LogP contribution in [0.5, 0.6) is 0 Å². The van der Waals surface area contributed by atoms with Crippen molar-refractivity contribution in [1.82, 2.24) is 4.98 Å². The van der Waals surface area contributed by atoms with E-state index < -0.39 is 0 Å². The number of aryl methyl sites for hydroxylation is 2. The molecule has 161 valence electrons. The Morgan fingerprint density at radius 3 is 1.29 bits per heavy atom. The van der Waals surface area contributed by atoms with Crippen molar-refractivity contribution in [2.24, 2.45) is 0 Å². The SMILES string of the molecule is [CH2]Cc1cc(CCCCCCCCCC)nc(CCCCCCCCCC)c1. The van der Waals surface area contributed by atoms with Crippen LogP contribution in [-0.2, 0) is 19.3 Å². The summed E-state index contributed by atoms with van der Waals surface area (Å²) in [6.45, 7) is 8.68. The van der Waals surface area contributed by atoms with Crippen LogP contribution < -0.4 is 0 Å². The fourth-order valence-electron chi connectivity index (χ4n) is 4.00. The fourth-order valence-corrected chi connectivity index (χ4v) is 4.00. The van der Waals surface area contributed by atoms with Crippen molar-refractivity contribution < 1.29 is 0 Å². The van der Waals surface area contributed by atoms with Crippen LogP contribution in [0.1, 0.15) is 134 Å². The highest BCUT2D eigenvalue weighted by Crippen LogP contribution is 2.15. The lowest BCUT2D eigenvalue weighted by Crippen LogP contribution is -2.00. The van der Waals surface area contributed by atoms with E-state index in [1.165, 1.54) is 120 Å². The third-order valence-corrected chi connectivity index (χ3v) is 5.85. The average molecular weight is 387 g/mol. The summed E-state index contributed by atoms with van der Waals surface area (Å²) in [6, 6.07) is 4.59. The van der Waals surface area contributed by atoms with Crippen LogP contribution in [0.4, 0.5) is 0 Å². The Morgan fingerprint density at radius 2 is 0.929 bits per heavy atom. The third-order valence-electron chi connectivity index (χ3n) is 5.85. The van der Waals surface area contributed by atoms with Crippen molar-refractivity contribution >= 4 is 0 Å². The largest absolute Gasteiger partial charge is 0.258 e. The van der Waals surface area contributed by atoms with Crippen LogP contribution in [0.3, 0.4) is 0 Å². The van der Waals surface area contributed by atoms with Gasteiger partial charge in [0.05, 0.1) is 0 Å². The van der Waals surface area contributed by atoms with Gasteiger partial charge in [-0.15, -0.1) is 0 Å². The first-order valence-corrected chi connectivity index (χ1v) is 12.6. The standard InChI is InChI=1S/C27H48N/c1-4-7-9-11-13-15-17-19-21-26-23-25(6-3)24-27(28-26)22-20-18-16-14-12-10-8-5-2/h23-24H,3-22H2,1-2H3. The first kappa shape index (κ1) is 25.2. The number of nitrogens with zero attached hydrogens (tertiary/aromatic N) is 1. The van der Waals surface area contributed by atoms with Crippen LogP contribution >= 0.6 is 0 Å². The summed E-state index contributed by atoms with van der Waals surface area (Å²) in [5.74, 6) is 0. The maximum absolute atomic E-state index is 4.97. The van der Waals surface area contributed by atoms with Gasteiger partial charge in [-0.3, -0.25) is 4.98 Å². The van der Waals surface area contributed by atoms with Gasteiger partial charge in [-0.1, -0.05) is 104 Å². The van der Waals surface area contributed by atoms with Gasteiger partial charge in [-0.2, -0.15) is 0 Å². The quantitative estimate of drug-likeness (QED) is 0.216. The van der Waals surface area contributed by atoms with Crippen molar-refractivity contribution in [3.8, 4) is 0 Å². The molecule has 1 heteroatoms. The predicted molar refractivity (Wildman–Crippen MR) is 126 cm³/mol. The summed E-state index contributed by atoms with van der Waals surface area (Å²) >= 11 is 0. The predicted octanol–water partition coefficient (Wildman–Crippen LogP) is 8.82. The lowest BCUT2D eigenvalue weighted by atomic mass is 10.0. The van der Waals surface area contributed by atoms with Gasteiger partial charge < -0.3 is 0 Å². The molecule has 0 fully saturated rings. The van der Waals surface area contributed by atoms with Crippen LogP contribution in [0.25, 0.3) is 0 Å². The molecule has 0 N–H and O–H groups in total. The van der Waals surface area contributed by atoms with E-state index in [0.717, 1.165) is 19.3 Å². The van der Waals surface area contributed by atoms with Gasteiger partial charge in [0, 0.05) is 11.4 Å². The molecule has 0 aromatic carbocycles. The van der Waals surface area contributed by atoms with Crippen LogP contribution in [0.2, 0.25) is 0 Å². The zero-order valence-corrected chi connectivity index (χ0v) is 19.2. The second-order valence-electron chi connectivity index (χ2n) is 8.66. The number of hydrogen-bond donors (Lipinski definition) is 0. The zero-order chi connectivity index (χ0) is 20.3. The zero-order valence-electron chi connectivity index (χ0n) is 19.2. The first-order chi connectivity index (χ1) is 13.8. The van der Waals surface area contributed by atoms with Crippen molar-refractivity contribution in [2.45, 2.75) is 136 Å². The molecular formula is C27H48N. The minimum absolute atomic E-state index is 0.886. The Bertz CT molecular complexity index is 427. The van der Waals surface area contributed by atoms with Crippen molar-refractivity contribution in [3.63, 3.8) is 0 Å². The second-order valence-corrected chi connectivity index (χ2v) is 8.66. The highest BCUT2D eigenvalue weighted by molar-refractivity contribution is 5.22.